The molecule has 7 heteroatoms. The Morgan fingerprint density at radius 2 is 2.03 bits per heavy atom. The molecule has 33 heavy (non-hydrogen) atoms. The average molecular weight is 461 g/mol. The van der Waals surface area contributed by atoms with E-state index in [9.17, 15) is 4.79 Å². The van der Waals surface area contributed by atoms with Gasteiger partial charge in [-0.25, -0.2) is 0 Å². The summed E-state index contributed by atoms with van der Waals surface area (Å²) in [6.07, 6.45) is 3.79. The minimum Gasteiger partial charge on any atom is -0.495 e. The van der Waals surface area contributed by atoms with Crippen LogP contribution in [-0.2, 0) is 13.6 Å². The van der Waals surface area contributed by atoms with Crippen molar-refractivity contribution in [1.29, 1.82) is 0 Å². The van der Waals surface area contributed by atoms with Crippen molar-refractivity contribution in [3.8, 4) is 27.3 Å². The molecule has 0 saturated heterocycles. The fourth-order valence-corrected chi connectivity index (χ4v) is 4.65. The molecule has 0 aliphatic heterocycles. The number of ether oxygens (including phenoxy) is 1. The van der Waals surface area contributed by atoms with Crippen molar-refractivity contribution in [2.75, 3.05) is 7.11 Å². The lowest BCUT2D eigenvalue weighted by Gasteiger charge is -2.20. The van der Waals surface area contributed by atoms with Crippen LogP contribution in [0.1, 0.15) is 40.0 Å². The number of methoxy groups -OCH3 is 1. The summed E-state index contributed by atoms with van der Waals surface area (Å²) in [4.78, 5) is 14.2. The number of thiophene rings is 1. The molecule has 2 aromatic heterocycles. The third-order valence-electron chi connectivity index (χ3n) is 5.75. The van der Waals surface area contributed by atoms with Gasteiger partial charge in [-0.1, -0.05) is 18.2 Å². The molecule has 0 saturated carbocycles. The molecule has 4 aromatic rings. The van der Waals surface area contributed by atoms with Gasteiger partial charge in [-0.05, 0) is 60.2 Å². The van der Waals surface area contributed by atoms with Gasteiger partial charge >= 0.3 is 0 Å². The quantitative estimate of drug-likeness (QED) is 0.403. The first-order chi connectivity index (χ1) is 15.9. The van der Waals surface area contributed by atoms with Gasteiger partial charge in [-0.3, -0.25) is 9.48 Å². The number of nitrogens with two attached hydrogens (primary N) is 1. The summed E-state index contributed by atoms with van der Waals surface area (Å²) in [7, 11) is 3.57. The first kappa shape index (κ1) is 22.8. The monoisotopic (exact) mass is 460 g/mol. The maximum atomic E-state index is 13.1. The van der Waals surface area contributed by atoms with E-state index < -0.39 is 0 Å². The minimum atomic E-state index is -0.224. The van der Waals surface area contributed by atoms with Gasteiger partial charge in [-0.2, -0.15) is 5.10 Å². The summed E-state index contributed by atoms with van der Waals surface area (Å²) in [5.74, 6) is 0.672. The Morgan fingerprint density at radius 1 is 1.24 bits per heavy atom. The molecule has 6 nitrogen and oxygen atoms in total. The van der Waals surface area contributed by atoms with E-state index in [-0.39, 0.29) is 11.9 Å². The molecule has 0 spiro atoms. The molecule has 2 aromatic carbocycles. The first-order valence-corrected chi connectivity index (χ1v) is 11.6. The van der Waals surface area contributed by atoms with Crippen LogP contribution in [0.15, 0.2) is 60.2 Å². The normalized spacial score (nSPS) is 11.9. The van der Waals surface area contributed by atoms with Crippen molar-refractivity contribution in [1.82, 2.24) is 15.1 Å². The molecule has 0 bridgehead atoms. The molecule has 170 valence electrons. The van der Waals surface area contributed by atoms with E-state index in [1.165, 1.54) is 0 Å². The number of nitrogens with zero attached hydrogens (tertiary/aromatic N) is 2. The lowest BCUT2D eigenvalue weighted by atomic mass is 9.95. The lowest BCUT2D eigenvalue weighted by molar-refractivity contribution is 0.0939. The molecule has 3 N–H and O–H groups in total. The van der Waals surface area contributed by atoms with Crippen molar-refractivity contribution >= 4 is 17.2 Å². The van der Waals surface area contributed by atoms with Gasteiger partial charge in [0.05, 0.1) is 19.3 Å². The molecular weight excluding hydrogens is 432 g/mol. The molecule has 1 atom stereocenters. The van der Waals surface area contributed by atoms with Gasteiger partial charge in [0.1, 0.15) is 5.75 Å². The predicted molar refractivity (Wildman–Crippen MR) is 133 cm³/mol. The van der Waals surface area contributed by atoms with Gasteiger partial charge in [0.25, 0.3) is 5.91 Å². The second-order valence-electron chi connectivity index (χ2n) is 8.08. The highest BCUT2D eigenvalue weighted by molar-refractivity contribution is 7.13. The SMILES string of the molecule is COc1c(-c2cnn(C)c2)cc(C(C)NC(=O)c2cc(CN)ccc2C)cc1-c1cccs1. The summed E-state index contributed by atoms with van der Waals surface area (Å²) in [5.41, 5.74) is 12.1. The lowest BCUT2D eigenvalue weighted by Crippen LogP contribution is -2.27. The number of carbonyl (C=O) groups excluding carboxylic acids is 1. The largest absolute Gasteiger partial charge is 0.495 e. The maximum absolute atomic E-state index is 13.1. The van der Waals surface area contributed by atoms with Crippen LogP contribution in [0.25, 0.3) is 21.6 Å². The standard InChI is InChI=1S/C26H28N4O2S/c1-16-7-8-18(13-27)10-21(16)26(31)29-17(2)19-11-22(20-14-28-30(3)15-20)25(32-4)23(12-19)24-6-5-9-33-24/h5-12,14-15,17H,13,27H2,1-4H3,(H,29,31). The summed E-state index contributed by atoms with van der Waals surface area (Å²) in [6, 6.07) is 13.8. The van der Waals surface area contributed by atoms with Crippen LogP contribution >= 0.6 is 11.3 Å². The minimum absolute atomic E-state index is 0.119. The highest BCUT2D eigenvalue weighted by Crippen LogP contribution is 2.42. The van der Waals surface area contributed by atoms with Crippen molar-refractivity contribution < 1.29 is 9.53 Å². The second kappa shape index (κ2) is 9.60. The Balaban J connectivity index is 1.75. The van der Waals surface area contributed by atoms with E-state index in [4.69, 9.17) is 10.5 Å². The number of amides is 1. The fourth-order valence-electron chi connectivity index (χ4n) is 3.91. The topological polar surface area (TPSA) is 82.2 Å². The molecule has 0 fully saturated rings. The van der Waals surface area contributed by atoms with E-state index in [2.05, 4.69) is 28.6 Å². The molecular formula is C26H28N4O2S. The van der Waals surface area contributed by atoms with E-state index in [1.807, 2.05) is 62.9 Å². The van der Waals surface area contributed by atoms with Crippen LogP contribution in [0.5, 0.6) is 5.75 Å². The number of carbonyl (C=O) groups is 1. The molecule has 4 rings (SSSR count). The average Bonchev–Trinajstić information content (AvgIpc) is 3.50. The zero-order valence-corrected chi connectivity index (χ0v) is 20.1. The van der Waals surface area contributed by atoms with Crippen molar-refractivity contribution in [3.63, 3.8) is 0 Å². The van der Waals surface area contributed by atoms with Gasteiger partial charge in [0.15, 0.2) is 0 Å². The zero-order valence-electron chi connectivity index (χ0n) is 19.3. The van der Waals surface area contributed by atoms with Crippen LogP contribution < -0.4 is 15.8 Å². The second-order valence-corrected chi connectivity index (χ2v) is 9.03. The number of hydrogen-bond donors (Lipinski definition) is 2. The third-order valence-corrected chi connectivity index (χ3v) is 6.65. The van der Waals surface area contributed by atoms with E-state index in [0.29, 0.717) is 12.1 Å². The van der Waals surface area contributed by atoms with Crippen molar-refractivity contribution in [2.45, 2.75) is 26.4 Å². The summed E-state index contributed by atoms with van der Waals surface area (Å²) < 4.78 is 7.63. The Kier molecular flexibility index (Phi) is 6.62. The van der Waals surface area contributed by atoms with Gasteiger partial charge in [-0.15, -0.1) is 11.3 Å². The number of benzene rings is 2. The number of rotatable bonds is 7. The molecule has 0 aliphatic carbocycles. The highest BCUT2D eigenvalue weighted by atomic mass is 32.1. The maximum Gasteiger partial charge on any atom is 0.252 e. The Morgan fingerprint density at radius 3 is 2.67 bits per heavy atom. The summed E-state index contributed by atoms with van der Waals surface area (Å²) in [5, 5.41) is 9.54. The molecule has 1 unspecified atom stereocenters. The molecule has 2 heterocycles. The Labute approximate surface area is 198 Å². The molecule has 0 radical (unpaired) electrons. The van der Waals surface area contributed by atoms with Gasteiger partial charge in [0, 0.05) is 46.9 Å². The van der Waals surface area contributed by atoms with Crippen molar-refractivity contribution in [2.24, 2.45) is 12.8 Å². The predicted octanol–water partition coefficient (Wildman–Crippen LogP) is 5.08. The Hall–Kier alpha value is -3.42. The smallest absolute Gasteiger partial charge is 0.252 e. The number of aromatic nitrogens is 2. The van der Waals surface area contributed by atoms with E-state index >= 15 is 0 Å². The fraction of sp³-hybridized carbons (Fsp3) is 0.231. The van der Waals surface area contributed by atoms with Gasteiger partial charge in [0.2, 0.25) is 0 Å². The molecule has 1 amide bonds. The van der Waals surface area contributed by atoms with Crippen LogP contribution in [0.2, 0.25) is 0 Å². The molecule has 0 aliphatic rings. The number of nitrogens with one attached hydrogen (secondary N) is 1. The van der Waals surface area contributed by atoms with Gasteiger partial charge < -0.3 is 15.8 Å². The van der Waals surface area contributed by atoms with E-state index in [0.717, 1.165) is 44.0 Å². The summed E-state index contributed by atoms with van der Waals surface area (Å²) in [6.45, 7) is 4.32. The van der Waals surface area contributed by atoms with Crippen LogP contribution in [0.4, 0.5) is 0 Å². The van der Waals surface area contributed by atoms with Crippen LogP contribution in [-0.4, -0.2) is 22.8 Å². The van der Waals surface area contributed by atoms with Crippen molar-refractivity contribution in [3.05, 3.63) is 82.5 Å². The third kappa shape index (κ3) is 4.69. The Bertz CT molecular complexity index is 1280. The number of hydrogen-bond acceptors (Lipinski definition) is 5. The zero-order chi connectivity index (χ0) is 23.5. The number of aryl methyl sites for hydroxylation is 2. The first-order valence-electron chi connectivity index (χ1n) is 10.8. The van der Waals surface area contributed by atoms with Crippen LogP contribution in [0, 0.1) is 6.92 Å². The van der Waals surface area contributed by atoms with E-state index in [1.54, 1.807) is 23.1 Å². The van der Waals surface area contributed by atoms with Crippen LogP contribution in [0.3, 0.4) is 0 Å². The summed E-state index contributed by atoms with van der Waals surface area (Å²) >= 11 is 1.65. The highest BCUT2D eigenvalue weighted by Gasteiger charge is 2.21.